The molecule has 2 aromatic carbocycles. The van der Waals surface area contributed by atoms with Gasteiger partial charge in [0.2, 0.25) is 5.91 Å². The SMILES string of the molecule is CC1CCc2c(sc3nc(SCC(=O)Nc4ccc(OC(C)C)cc4)n(-c4ccccc4)c(=O)c23)C1. The number of thioether (sulfide) groups is 1. The minimum atomic E-state index is -0.161. The number of carbonyl (C=O) groups excluding carboxylic acids is 1. The van der Waals surface area contributed by atoms with E-state index in [4.69, 9.17) is 9.72 Å². The number of carbonyl (C=O) groups is 1. The minimum Gasteiger partial charge on any atom is -0.491 e. The van der Waals surface area contributed by atoms with E-state index in [1.807, 2.05) is 68.4 Å². The maximum Gasteiger partial charge on any atom is 0.267 e. The molecule has 0 saturated carbocycles. The van der Waals surface area contributed by atoms with Crippen LogP contribution >= 0.6 is 23.1 Å². The summed E-state index contributed by atoms with van der Waals surface area (Å²) >= 11 is 2.91. The van der Waals surface area contributed by atoms with Gasteiger partial charge in [0.15, 0.2) is 5.16 Å². The van der Waals surface area contributed by atoms with Gasteiger partial charge in [0.1, 0.15) is 10.6 Å². The Balaban J connectivity index is 1.42. The Labute approximate surface area is 218 Å². The minimum absolute atomic E-state index is 0.0538. The van der Waals surface area contributed by atoms with Crippen molar-refractivity contribution in [2.45, 2.75) is 51.3 Å². The number of aryl methyl sites for hydroxylation is 1. The van der Waals surface area contributed by atoms with Crippen molar-refractivity contribution >= 4 is 44.9 Å². The molecule has 1 N–H and O–H groups in total. The molecular weight excluding hydrogens is 490 g/mol. The Hall–Kier alpha value is -3.10. The molecule has 0 fully saturated rings. The second-order valence-corrected chi connectivity index (χ2v) is 11.5. The lowest BCUT2D eigenvalue weighted by molar-refractivity contribution is -0.113. The largest absolute Gasteiger partial charge is 0.491 e. The van der Waals surface area contributed by atoms with Crippen LogP contribution in [-0.2, 0) is 17.6 Å². The van der Waals surface area contributed by atoms with Crippen molar-refractivity contribution in [3.63, 3.8) is 0 Å². The molecule has 2 heterocycles. The zero-order valence-electron chi connectivity index (χ0n) is 20.6. The molecule has 0 bridgehead atoms. The highest BCUT2D eigenvalue weighted by Gasteiger charge is 2.25. The van der Waals surface area contributed by atoms with Crippen molar-refractivity contribution in [2.75, 3.05) is 11.1 Å². The maximum atomic E-state index is 13.8. The third-order valence-electron chi connectivity index (χ3n) is 6.16. The summed E-state index contributed by atoms with van der Waals surface area (Å²) in [7, 11) is 0. The number of hydrogen-bond donors (Lipinski definition) is 1. The molecule has 1 unspecified atom stereocenters. The first-order valence-electron chi connectivity index (χ1n) is 12.2. The molecule has 0 aliphatic heterocycles. The summed E-state index contributed by atoms with van der Waals surface area (Å²) in [6.07, 6.45) is 3.09. The van der Waals surface area contributed by atoms with Crippen LogP contribution in [-0.4, -0.2) is 27.3 Å². The summed E-state index contributed by atoms with van der Waals surface area (Å²) in [5.41, 5.74) is 2.56. The summed E-state index contributed by atoms with van der Waals surface area (Å²) in [5.74, 6) is 1.35. The first-order chi connectivity index (χ1) is 17.4. The highest BCUT2D eigenvalue weighted by Crippen LogP contribution is 2.37. The Morgan fingerprint density at radius 3 is 2.67 bits per heavy atom. The standard InChI is InChI=1S/C28H29N3O3S2/c1-17(2)34-21-12-10-19(11-13-21)29-24(32)16-35-28-30-26-25(22-14-9-18(3)15-23(22)36-26)27(33)31(28)20-7-5-4-6-8-20/h4-8,10-13,17-18H,9,14-16H2,1-3H3,(H,29,32). The van der Waals surface area contributed by atoms with Crippen molar-refractivity contribution in [3.8, 4) is 11.4 Å². The van der Waals surface area contributed by atoms with Crippen LogP contribution in [0, 0.1) is 5.92 Å². The molecule has 1 aliphatic carbocycles. The molecular formula is C28H29N3O3S2. The number of hydrogen-bond acceptors (Lipinski definition) is 6. The van der Waals surface area contributed by atoms with Crippen molar-refractivity contribution in [1.82, 2.24) is 9.55 Å². The smallest absolute Gasteiger partial charge is 0.267 e. The summed E-state index contributed by atoms with van der Waals surface area (Å²) in [4.78, 5) is 33.5. The van der Waals surface area contributed by atoms with Gasteiger partial charge in [0, 0.05) is 10.6 Å². The van der Waals surface area contributed by atoms with Gasteiger partial charge >= 0.3 is 0 Å². The fourth-order valence-electron chi connectivity index (χ4n) is 4.49. The van der Waals surface area contributed by atoms with Gasteiger partial charge in [-0.3, -0.25) is 14.2 Å². The van der Waals surface area contributed by atoms with E-state index in [1.54, 1.807) is 15.9 Å². The van der Waals surface area contributed by atoms with Crippen LogP contribution in [0.1, 0.15) is 37.6 Å². The summed E-state index contributed by atoms with van der Waals surface area (Å²) in [6, 6.07) is 16.9. The van der Waals surface area contributed by atoms with E-state index in [9.17, 15) is 9.59 Å². The van der Waals surface area contributed by atoms with Crippen molar-refractivity contribution in [3.05, 3.63) is 75.4 Å². The molecule has 6 nitrogen and oxygen atoms in total. The summed E-state index contributed by atoms with van der Waals surface area (Å²) < 4.78 is 7.32. The van der Waals surface area contributed by atoms with Gasteiger partial charge in [0.25, 0.3) is 5.56 Å². The number of para-hydroxylation sites is 1. The number of amides is 1. The van der Waals surface area contributed by atoms with Crippen LogP contribution in [0.2, 0.25) is 0 Å². The van der Waals surface area contributed by atoms with Gasteiger partial charge in [-0.2, -0.15) is 0 Å². The Morgan fingerprint density at radius 2 is 1.94 bits per heavy atom. The van der Waals surface area contributed by atoms with Gasteiger partial charge in [-0.1, -0.05) is 36.9 Å². The zero-order valence-corrected chi connectivity index (χ0v) is 22.2. The molecule has 2 aromatic heterocycles. The van der Waals surface area contributed by atoms with Crippen LogP contribution < -0.4 is 15.6 Å². The second kappa shape index (κ2) is 10.5. The molecule has 1 aliphatic rings. The van der Waals surface area contributed by atoms with Crippen molar-refractivity contribution < 1.29 is 9.53 Å². The third-order valence-corrected chi connectivity index (χ3v) is 8.24. The predicted octanol–water partition coefficient (Wildman–Crippen LogP) is 6.09. The molecule has 36 heavy (non-hydrogen) atoms. The van der Waals surface area contributed by atoms with E-state index in [0.717, 1.165) is 46.5 Å². The highest BCUT2D eigenvalue weighted by molar-refractivity contribution is 7.99. The fourth-order valence-corrected chi connectivity index (χ4v) is 6.73. The number of nitrogens with zero attached hydrogens (tertiary/aromatic N) is 2. The lowest BCUT2D eigenvalue weighted by atomic mass is 9.89. The van der Waals surface area contributed by atoms with Gasteiger partial charge in [0.05, 0.1) is 22.9 Å². The highest BCUT2D eigenvalue weighted by atomic mass is 32.2. The number of rotatable bonds is 7. The number of thiophene rings is 1. The summed E-state index contributed by atoms with van der Waals surface area (Å²) in [5, 5.41) is 4.19. The molecule has 0 saturated heterocycles. The van der Waals surface area contributed by atoms with Gasteiger partial charge < -0.3 is 10.1 Å². The van der Waals surface area contributed by atoms with Crippen molar-refractivity contribution in [2.24, 2.45) is 5.92 Å². The lowest BCUT2D eigenvalue weighted by Gasteiger charge is -2.17. The van der Waals surface area contributed by atoms with E-state index in [2.05, 4.69) is 12.2 Å². The molecule has 5 rings (SSSR count). The van der Waals surface area contributed by atoms with E-state index < -0.39 is 0 Å². The number of benzene rings is 2. The fraction of sp³-hybridized carbons (Fsp3) is 0.321. The van der Waals surface area contributed by atoms with E-state index in [1.165, 1.54) is 16.6 Å². The van der Waals surface area contributed by atoms with Crippen LogP contribution in [0.25, 0.3) is 15.9 Å². The lowest BCUT2D eigenvalue weighted by Crippen LogP contribution is -2.23. The molecule has 0 spiro atoms. The van der Waals surface area contributed by atoms with Gasteiger partial charge in [-0.15, -0.1) is 11.3 Å². The Bertz CT molecular complexity index is 1440. The van der Waals surface area contributed by atoms with E-state index in [0.29, 0.717) is 16.8 Å². The first kappa shape index (κ1) is 24.6. The predicted molar refractivity (Wildman–Crippen MR) is 148 cm³/mol. The third kappa shape index (κ3) is 5.20. The average Bonchev–Trinajstić information content (AvgIpc) is 3.22. The number of ether oxygens (including phenoxy) is 1. The molecule has 8 heteroatoms. The van der Waals surface area contributed by atoms with Gasteiger partial charge in [-0.25, -0.2) is 4.98 Å². The van der Waals surface area contributed by atoms with E-state index >= 15 is 0 Å². The van der Waals surface area contributed by atoms with Gasteiger partial charge in [-0.05, 0) is 81.0 Å². The molecule has 0 radical (unpaired) electrons. The zero-order chi connectivity index (χ0) is 25.2. The molecule has 4 aromatic rings. The maximum absolute atomic E-state index is 13.8. The quantitative estimate of drug-likeness (QED) is 0.236. The molecule has 1 amide bonds. The topological polar surface area (TPSA) is 73.2 Å². The number of nitrogens with one attached hydrogen (secondary N) is 1. The van der Waals surface area contributed by atoms with Crippen LogP contribution in [0.15, 0.2) is 64.5 Å². The molecule has 1 atom stereocenters. The average molecular weight is 520 g/mol. The Kier molecular flexibility index (Phi) is 7.16. The van der Waals surface area contributed by atoms with Crippen molar-refractivity contribution in [1.29, 1.82) is 0 Å². The molecule has 186 valence electrons. The number of fused-ring (bicyclic) bond motifs is 3. The second-order valence-electron chi connectivity index (χ2n) is 9.43. The van der Waals surface area contributed by atoms with E-state index in [-0.39, 0.29) is 23.3 Å². The number of aromatic nitrogens is 2. The van der Waals surface area contributed by atoms with Crippen LogP contribution in [0.3, 0.4) is 0 Å². The summed E-state index contributed by atoms with van der Waals surface area (Å²) in [6.45, 7) is 6.20. The first-order valence-corrected chi connectivity index (χ1v) is 14.0. The number of anilines is 1. The normalized spacial score (nSPS) is 15.2. The Morgan fingerprint density at radius 1 is 1.19 bits per heavy atom. The monoisotopic (exact) mass is 519 g/mol. The van der Waals surface area contributed by atoms with Crippen LogP contribution in [0.4, 0.5) is 5.69 Å². The van der Waals surface area contributed by atoms with Crippen LogP contribution in [0.5, 0.6) is 5.75 Å².